The largest absolute Gasteiger partial charge is 0.368 e. The van der Waals surface area contributed by atoms with Gasteiger partial charge in [-0.3, -0.25) is 9.59 Å². The highest BCUT2D eigenvalue weighted by atomic mass is 32.1. The van der Waals surface area contributed by atoms with Crippen molar-refractivity contribution >= 4 is 44.7 Å². The quantitative estimate of drug-likeness (QED) is 0.437. The first-order valence-electron chi connectivity index (χ1n) is 10.5. The normalized spacial score (nSPS) is 15.6. The molecule has 1 saturated heterocycles. The number of amides is 2. The molecule has 4 aromatic rings. The molecule has 1 aromatic heterocycles. The van der Waals surface area contributed by atoms with Gasteiger partial charge in [0.2, 0.25) is 0 Å². The van der Waals surface area contributed by atoms with Crippen molar-refractivity contribution in [2.24, 2.45) is 0 Å². The molecule has 1 unspecified atom stereocenters. The molecular formula is C25H21N3O3S. The van der Waals surface area contributed by atoms with Gasteiger partial charge in [0.25, 0.3) is 11.8 Å². The number of aromatic nitrogens is 1. The number of ether oxygens (including phenoxy) is 1. The van der Waals surface area contributed by atoms with Crippen molar-refractivity contribution in [2.45, 2.75) is 18.9 Å². The Morgan fingerprint density at radius 1 is 0.969 bits per heavy atom. The number of hydrogen-bond acceptors (Lipinski definition) is 5. The summed E-state index contributed by atoms with van der Waals surface area (Å²) in [6, 6.07) is 22.5. The Bertz CT molecular complexity index is 1260. The molecule has 5 rings (SSSR count). The van der Waals surface area contributed by atoms with E-state index in [0.29, 0.717) is 30.0 Å². The minimum absolute atomic E-state index is 0.179. The summed E-state index contributed by atoms with van der Waals surface area (Å²) >= 11 is 1.59. The molecule has 2 amide bonds. The molecule has 32 heavy (non-hydrogen) atoms. The Balaban J connectivity index is 1.36. The summed E-state index contributed by atoms with van der Waals surface area (Å²) in [6.45, 7) is 0.606. The van der Waals surface area contributed by atoms with Crippen LogP contribution in [-0.4, -0.2) is 29.5 Å². The number of hydrogen-bond donors (Lipinski definition) is 2. The number of nitrogens with one attached hydrogen (secondary N) is 2. The number of carbonyl (C=O) groups is 2. The molecule has 7 heteroatoms. The number of fused-ring (bicyclic) bond motifs is 1. The van der Waals surface area contributed by atoms with Crippen molar-refractivity contribution in [2.75, 3.05) is 17.2 Å². The summed E-state index contributed by atoms with van der Waals surface area (Å²) in [5.41, 5.74) is 3.51. The Kier molecular flexibility index (Phi) is 5.66. The van der Waals surface area contributed by atoms with Gasteiger partial charge in [0, 0.05) is 23.4 Å². The van der Waals surface area contributed by atoms with Crippen molar-refractivity contribution in [3.05, 3.63) is 78.4 Å². The van der Waals surface area contributed by atoms with Crippen molar-refractivity contribution in [3.63, 3.8) is 0 Å². The summed E-state index contributed by atoms with van der Waals surface area (Å²) in [5, 5.41) is 6.69. The van der Waals surface area contributed by atoms with E-state index in [1.807, 2.05) is 48.5 Å². The molecule has 0 radical (unpaired) electrons. The number of nitrogens with zero attached hydrogens (tertiary/aromatic N) is 1. The fourth-order valence-corrected chi connectivity index (χ4v) is 4.71. The van der Waals surface area contributed by atoms with Crippen LogP contribution < -0.4 is 10.6 Å². The van der Waals surface area contributed by atoms with Crippen LogP contribution in [0.2, 0.25) is 0 Å². The molecule has 6 nitrogen and oxygen atoms in total. The van der Waals surface area contributed by atoms with Crippen molar-refractivity contribution in [3.8, 4) is 10.6 Å². The van der Waals surface area contributed by atoms with Crippen LogP contribution in [0.3, 0.4) is 0 Å². The van der Waals surface area contributed by atoms with Crippen molar-refractivity contribution in [1.29, 1.82) is 0 Å². The van der Waals surface area contributed by atoms with Gasteiger partial charge in [0.1, 0.15) is 11.1 Å². The summed E-state index contributed by atoms with van der Waals surface area (Å²) < 4.78 is 6.52. The van der Waals surface area contributed by atoms with Gasteiger partial charge >= 0.3 is 0 Å². The van der Waals surface area contributed by atoms with E-state index >= 15 is 0 Å². The predicted octanol–water partition coefficient (Wildman–Crippen LogP) is 5.33. The first-order chi connectivity index (χ1) is 15.7. The second kappa shape index (κ2) is 8.90. The zero-order valence-electron chi connectivity index (χ0n) is 17.2. The molecule has 2 N–H and O–H groups in total. The van der Waals surface area contributed by atoms with E-state index in [0.717, 1.165) is 27.2 Å². The van der Waals surface area contributed by atoms with E-state index in [-0.39, 0.29) is 11.8 Å². The molecule has 1 aliphatic heterocycles. The van der Waals surface area contributed by atoms with Crippen LogP contribution in [0.1, 0.15) is 23.2 Å². The van der Waals surface area contributed by atoms with Crippen LogP contribution >= 0.6 is 11.3 Å². The zero-order chi connectivity index (χ0) is 21.9. The highest BCUT2D eigenvalue weighted by Gasteiger charge is 2.23. The van der Waals surface area contributed by atoms with Gasteiger partial charge in [-0.2, -0.15) is 0 Å². The first-order valence-corrected chi connectivity index (χ1v) is 11.3. The average Bonchev–Trinajstić information content (AvgIpc) is 3.50. The van der Waals surface area contributed by atoms with E-state index < -0.39 is 6.10 Å². The standard InChI is InChI=1S/C25H21N3O3S/c29-23(16-7-5-8-17(15-16)26-24(30)21-12-6-14-31-21)27-19-10-2-1-9-18(19)25-28-20-11-3-4-13-22(20)32-25/h1-5,7-11,13,15,21H,6,12,14H2,(H,26,30)(H,27,29). The molecule has 0 bridgehead atoms. The lowest BCUT2D eigenvalue weighted by molar-refractivity contribution is -0.124. The van der Waals surface area contributed by atoms with E-state index in [1.165, 1.54) is 0 Å². The molecule has 1 aliphatic rings. The van der Waals surface area contributed by atoms with Gasteiger partial charge < -0.3 is 15.4 Å². The number of carbonyl (C=O) groups excluding carboxylic acids is 2. The van der Waals surface area contributed by atoms with Crippen LogP contribution in [0.4, 0.5) is 11.4 Å². The van der Waals surface area contributed by atoms with Crippen molar-refractivity contribution < 1.29 is 14.3 Å². The summed E-state index contributed by atoms with van der Waals surface area (Å²) in [4.78, 5) is 30.0. The summed E-state index contributed by atoms with van der Waals surface area (Å²) in [6.07, 6.45) is 1.18. The van der Waals surface area contributed by atoms with E-state index in [1.54, 1.807) is 35.6 Å². The SMILES string of the molecule is O=C(Nc1ccccc1-c1nc2ccccc2s1)c1cccc(NC(=O)C2CCCO2)c1. The minimum Gasteiger partial charge on any atom is -0.368 e. The fourth-order valence-electron chi connectivity index (χ4n) is 3.71. The van der Waals surface area contributed by atoms with Crippen molar-refractivity contribution in [1.82, 2.24) is 4.98 Å². The lowest BCUT2D eigenvalue weighted by atomic mass is 10.1. The summed E-state index contributed by atoms with van der Waals surface area (Å²) in [5.74, 6) is -0.437. The summed E-state index contributed by atoms with van der Waals surface area (Å²) in [7, 11) is 0. The van der Waals surface area contributed by atoms with Crippen LogP contribution in [-0.2, 0) is 9.53 Å². The molecule has 160 valence electrons. The Morgan fingerprint density at radius 3 is 2.66 bits per heavy atom. The molecule has 0 saturated carbocycles. The molecule has 1 fully saturated rings. The third kappa shape index (κ3) is 4.26. The maximum absolute atomic E-state index is 13.0. The number of para-hydroxylation sites is 2. The first kappa shape index (κ1) is 20.4. The molecule has 0 spiro atoms. The highest BCUT2D eigenvalue weighted by Crippen LogP contribution is 2.34. The monoisotopic (exact) mass is 443 g/mol. The van der Waals surface area contributed by atoms with Gasteiger partial charge in [-0.25, -0.2) is 4.98 Å². The van der Waals surface area contributed by atoms with E-state index in [9.17, 15) is 9.59 Å². The molecular weight excluding hydrogens is 422 g/mol. The smallest absolute Gasteiger partial charge is 0.255 e. The Hall–Kier alpha value is -3.55. The van der Waals surface area contributed by atoms with Gasteiger partial charge in [-0.05, 0) is 55.3 Å². The number of thiazole rings is 1. The minimum atomic E-state index is -0.423. The van der Waals surface area contributed by atoms with E-state index in [4.69, 9.17) is 9.72 Å². The fraction of sp³-hybridized carbons (Fsp3) is 0.160. The second-order valence-electron chi connectivity index (χ2n) is 7.56. The Labute approximate surface area is 189 Å². The lowest BCUT2D eigenvalue weighted by Gasteiger charge is -2.12. The molecule has 3 aromatic carbocycles. The number of anilines is 2. The van der Waals surface area contributed by atoms with Gasteiger partial charge in [0.05, 0.1) is 15.9 Å². The van der Waals surface area contributed by atoms with Gasteiger partial charge in [-0.1, -0.05) is 30.3 Å². The van der Waals surface area contributed by atoms with Crippen LogP contribution in [0.5, 0.6) is 0 Å². The lowest BCUT2D eigenvalue weighted by Crippen LogP contribution is -2.27. The zero-order valence-corrected chi connectivity index (χ0v) is 18.0. The van der Waals surface area contributed by atoms with Gasteiger partial charge in [0.15, 0.2) is 0 Å². The topological polar surface area (TPSA) is 80.3 Å². The maximum Gasteiger partial charge on any atom is 0.255 e. The predicted molar refractivity (Wildman–Crippen MR) is 127 cm³/mol. The Morgan fingerprint density at radius 2 is 1.81 bits per heavy atom. The number of rotatable bonds is 5. The van der Waals surface area contributed by atoms with Crippen LogP contribution in [0.15, 0.2) is 72.8 Å². The number of benzene rings is 3. The maximum atomic E-state index is 13.0. The highest BCUT2D eigenvalue weighted by molar-refractivity contribution is 7.21. The van der Waals surface area contributed by atoms with E-state index in [2.05, 4.69) is 10.6 Å². The second-order valence-corrected chi connectivity index (χ2v) is 8.59. The van der Waals surface area contributed by atoms with Crippen LogP contribution in [0, 0.1) is 0 Å². The average molecular weight is 444 g/mol. The third-order valence-electron chi connectivity index (χ3n) is 5.31. The van der Waals surface area contributed by atoms with Gasteiger partial charge in [-0.15, -0.1) is 11.3 Å². The third-order valence-corrected chi connectivity index (χ3v) is 6.38. The molecule has 2 heterocycles. The molecule has 1 atom stereocenters. The van der Waals surface area contributed by atoms with Crippen LogP contribution in [0.25, 0.3) is 20.8 Å². The molecule has 0 aliphatic carbocycles.